The number of anilines is 1. The fourth-order valence-electron chi connectivity index (χ4n) is 3.56. The van der Waals surface area contributed by atoms with Crippen LogP contribution < -0.4 is 4.90 Å². The van der Waals surface area contributed by atoms with Gasteiger partial charge in [0.1, 0.15) is 0 Å². The summed E-state index contributed by atoms with van der Waals surface area (Å²) in [5.41, 5.74) is 1.53. The van der Waals surface area contributed by atoms with Gasteiger partial charge in [-0.1, -0.05) is 66.2 Å². The molecule has 26 heavy (non-hydrogen) atoms. The minimum Gasteiger partial charge on any atom is -0.478 e. The van der Waals surface area contributed by atoms with Crippen molar-refractivity contribution in [3.05, 3.63) is 29.8 Å². The van der Waals surface area contributed by atoms with Crippen molar-refractivity contribution in [1.82, 2.24) is 0 Å². The third-order valence-corrected chi connectivity index (χ3v) is 5.52. The van der Waals surface area contributed by atoms with E-state index in [4.69, 9.17) is 5.11 Å². The average Bonchev–Trinajstić information content (AvgIpc) is 2.66. The number of benzene rings is 1. The summed E-state index contributed by atoms with van der Waals surface area (Å²) in [5.74, 6) is 0.558. The first kappa shape index (κ1) is 22.5. The Morgan fingerprint density at radius 2 is 1.35 bits per heavy atom. The maximum Gasteiger partial charge on any atom is 0.335 e. The fraction of sp³-hybridized carbons (Fsp3) is 0.696. The van der Waals surface area contributed by atoms with Crippen molar-refractivity contribution in [2.24, 2.45) is 11.8 Å². The lowest BCUT2D eigenvalue weighted by Crippen LogP contribution is -2.34. The molecule has 0 radical (unpaired) electrons. The molecule has 0 aliphatic heterocycles. The second-order valence-electron chi connectivity index (χ2n) is 7.59. The normalized spacial score (nSPS) is 13.4. The van der Waals surface area contributed by atoms with E-state index in [1.807, 2.05) is 12.1 Å². The van der Waals surface area contributed by atoms with Crippen LogP contribution in [0.5, 0.6) is 0 Å². The summed E-state index contributed by atoms with van der Waals surface area (Å²) in [7, 11) is 0. The van der Waals surface area contributed by atoms with Gasteiger partial charge in [0.25, 0.3) is 0 Å². The predicted octanol–water partition coefficient (Wildman–Crippen LogP) is 6.62. The summed E-state index contributed by atoms with van der Waals surface area (Å²) >= 11 is 0. The van der Waals surface area contributed by atoms with Crippen molar-refractivity contribution in [2.45, 2.75) is 79.1 Å². The van der Waals surface area contributed by atoms with Gasteiger partial charge < -0.3 is 10.0 Å². The van der Waals surface area contributed by atoms with E-state index in [1.165, 1.54) is 57.1 Å². The Kier molecular flexibility index (Phi) is 11.1. The molecule has 2 unspecified atom stereocenters. The van der Waals surface area contributed by atoms with Crippen LogP contribution in [-0.4, -0.2) is 24.2 Å². The predicted molar refractivity (Wildman–Crippen MR) is 112 cm³/mol. The van der Waals surface area contributed by atoms with E-state index in [-0.39, 0.29) is 0 Å². The van der Waals surface area contributed by atoms with E-state index in [1.54, 1.807) is 12.1 Å². The van der Waals surface area contributed by atoms with Crippen molar-refractivity contribution in [2.75, 3.05) is 18.0 Å². The largest absolute Gasteiger partial charge is 0.478 e. The zero-order valence-corrected chi connectivity index (χ0v) is 17.3. The highest BCUT2D eigenvalue weighted by molar-refractivity contribution is 5.88. The van der Waals surface area contributed by atoms with E-state index in [2.05, 4.69) is 32.6 Å². The lowest BCUT2D eigenvalue weighted by molar-refractivity contribution is 0.0697. The Morgan fingerprint density at radius 1 is 0.885 bits per heavy atom. The lowest BCUT2D eigenvalue weighted by atomic mass is 9.95. The van der Waals surface area contributed by atoms with Gasteiger partial charge in [0, 0.05) is 18.8 Å². The van der Waals surface area contributed by atoms with Crippen molar-refractivity contribution < 1.29 is 9.90 Å². The first-order valence-electron chi connectivity index (χ1n) is 10.6. The number of hydrogen-bond donors (Lipinski definition) is 1. The number of hydrogen-bond acceptors (Lipinski definition) is 2. The lowest BCUT2D eigenvalue weighted by Gasteiger charge is -2.32. The van der Waals surface area contributed by atoms with Crippen LogP contribution >= 0.6 is 0 Å². The first-order chi connectivity index (χ1) is 12.5. The van der Waals surface area contributed by atoms with Crippen molar-refractivity contribution in [3.63, 3.8) is 0 Å². The number of carboxylic acids is 1. The summed E-state index contributed by atoms with van der Waals surface area (Å²) in [4.78, 5) is 13.7. The first-order valence-corrected chi connectivity index (χ1v) is 10.6. The van der Waals surface area contributed by atoms with Crippen LogP contribution in [0.4, 0.5) is 5.69 Å². The zero-order chi connectivity index (χ0) is 19.4. The SMILES string of the molecule is CCCCC(CC)CN(CC(CC)CCCC)c1ccc(C(=O)O)cc1. The third kappa shape index (κ3) is 7.80. The molecule has 0 amide bonds. The van der Waals surface area contributed by atoms with Gasteiger partial charge in [0.2, 0.25) is 0 Å². The molecule has 0 saturated heterocycles. The molecule has 0 aromatic heterocycles. The fourth-order valence-corrected chi connectivity index (χ4v) is 3.56. The van der Waals surface area contributed by atoms with Gasteiger partial charge in [0.05, 0.1) is 5.56 Å². The molecule has 1 N–H and O–H groups in total. The molecule has 3 heteroatoms. The summed E-state index contributed by atoms with van der Waals surface area (Å²) in [5, 5.41) is 9.16. The smallest absolute Gasteiger partial charge is 0.335 e. The Morgan fingerprint density at radius 3 is 1.69 bits per heavy atom. The molecular weight excluding hydrogens is 322 g/mol. The quantitative estimate of drug-likeness (QED) is 0.404. The number of unbranched alkanes of at least 4 members (excludes halogenated alkanes) is 2. The van der Waals surface area contributed by atoms with Gasteiger partial charge in [-0.15, -0.1) is 0 Å². The second kappa shape index (κ2) is 12.8. The molecular formula is C23H39NO2. The molecule has 2 atom stereocenters. The van der Waals surface area contributed by atoms with Gasteiger partial charge in [0.15, 0.2) is 0 Å². The van der Waals surface area contributed by atoms with Gasteiger partial charge in [-0.2, -0.15) is 0 Å². The minimum absolute atomic E-state index is 0.366. The van der Waals surface area contributed by atoms with Crippen LogP contribution in [0.3, 0.4) is 0 Å². The molecule has 1 rings (SSSR count). The zero-order valence-electron chi connectivity index (χ0n) is 17.3. The summed E-state index contributed by atoms with van der Waals surface area (Å²) in [6.07, 6.45) is 10.0. The van der Waals surface area contributed by atoms with Crippen LogP contribution in [0.25, 0.3) is 0 Å². The number of aromatic carboxylic acids is 1. The molecule has 0 fully saturated rings. The molecule has 0 aliphatic carbocycles. The van der Waals surface area contributed by atoms with Crippen molar-refractivity contribution in [1.29, 1.82) is 0 Å². The van der Waals surface area contributed by atoms with E-state index in [0.29, 0.717) is 17.4 Å². The molecule has 3 nitrogen and oxygen atoms in total. The van der Waals surface area contributed by atoms with Crippen molar-refractivity contribution in [3.8, 4) is 0 Å². The topological polar surface area (TPSA) is 40.5 Å². The van der Waals surface area contributed by atoms with E-state index in [9.17, 15) is 4.79 Å². The minimum atomic E-state index is -0.855. The standard InChI is InChI=1S/C23H39NO2/c1-5-9-11-19(7-3)17-24(18-20(8-4)12-10-6-2)22-15-13-21(14-16-22)23(25)26/h13-16,19-20H,5-12,17-18H2,1-4H3,(H,25,26). The highest BCUT2D eigenvalue weighted by Crippen LogP contribution is 2.24. The number of nitrogens with zero attached hydrogens (tertiary/aromatic N) is 1. The van der Waals surface area contributed by atoms with Gasteiger partial charge in [-0.3, -0.25) is 0 Å². The van der Waals surface area contributed by atoms with Crippen LogP contribution in [-0.2, 0) is 0 Å². The average molecular weight is 362 g/mol. The molecule has 0 saturated carbocycles. The monoisotopic (exact) mass is 361 g/mol. The molecule has 0 bridgehead atoms. The number of rotatable bonds is 14. The molecule has 0 aliphatic rings. The van der Waals surface area contributed by atoms with Crippen LogP contribution in [0.15, 0.2) is 24.3 Å². The van der Waals surface area contributed by atoms with Crippen molar-refractivity contribution >= 4 is 11.7 Å². The Labute approximate surface area is 160 Å². The molecule has 148 valence electrons. The summed E-state index contributed by atoms with van der Waals surface area (Å²) in [6.45, 7) is 11.2. The van der Waals surface area contributed by atoms with Crippen LogP contribution in [0.2, 0.25) is 0 Å². The molecule has 0 spiro atoms. The van der Waals surface area contributed by atoms with E-state index < -0.39 is 5.97 Å². The van der Waals surface area contributed by atoms with E-state index >= 15 is 0 Å². The molecule has 0 heterocycles. The van der Waals surface area contributed by atoms with Crippen LogP contribution in [0.1, 0.15) is 89.4 Å². The van der Waals surface area contributed by atoms with Gasteiger partial charge in [-0.25, -0.2) is 4.79 Å². The highest BCUT2D eigenvalue weighted by Gasteiger charge is 2.18. The Hall–Kier alpha value is -1.51. The number of carbonyl (C=O) groups is 1. The second-order valence-corrected chi connectivity index (χ2v) is 7.59. The maximum atomic E-state index is 11.2. The Bertz CT molecular complexity index is 479. The Balaban J connectivity index is 2.93. The van der Waals surface area contributed by atoms with Gasteiger partial charge in [-0.05, 0) is 48.9 Å². The molecule has 1 aromatic carbocycles. The number of carboxylic acid groups (broad SMARTS) is 1. The maximum absolute atomic E-state index is 11.2. The van der Waals surface area contributed by atoms with E-state index in [0.717, 1.165) is 13.1 Å². The molecule has 1 aromatic rings. The highest BCUT2D eigenvalue weighted by atomic mass is 16.4. The van der Waals surface area contributed by atoms with Crippen LogP contribution in [0, 0.1) is 11.8 Å². The van der Waals surface area contributed by atoms with Gasteiger partial charge >= 0.3 is 5.97 Å². The summed E-state index contributed by atoms with van der Waals surface area (Å²) < 4.78 is 0. The third-order valence-electron chi connectivity index (χ3n) is 5.52. The summed E-state index contributed by atoms with van der Waals surface area (Å²) in [6, 6.07) is 7.46.